The highest BCUT2D eigenvalue weighted by Gasteiger charge is 2.17. The molecule has 0 saturated carbocycles. The van der Waals surface area contributed by atoms with Crippen LogP contribution in [0.5, 0.6) is 0 Å². The molecule has 4 heterocycles. The van der Waals surface area contributed by atoms with Crippen LogP contribution in [0.1, 0.15) is 0 Å². The van der Waals surface area contributed by atoms with Crippen molar-refractivity contribution in [3.05, 3.63) is 182 Å². The summed E-state index contributed by atoms with van der Waals surface area (Å²) in [5.41, 5.74) is 11.6. The van der Waals surface area contributed by atoms with Crippen LogP contribution in [0.4, 0.5) is 0 Å². The van der Waals surface area contributed by atoms with E-state index in [4.69, 9.17) is 23.8 Å². The summed E-state index contributed by atoms with van der Waals surface area (Å²) < 4.78 is 15.3. The summed E-state index contributed by atoms with van der Waals surface area (Å²) in [6.45, 7) is 0. The second kappa shape index (κ2) is 12.3. The number of rotatable bonds is 5. The molecule has 0 N–H and O–H groups in total. The average molecular weight is 731 g/mol. The Labute approximate surface area is 325 Å². The number of aromatic nitrogens is 4. The number of para-hydroxylation sites is 2. The van der Waals surface area contributed by atoms with Gasteiger partial charge >= 0.3 is 0 Å². The number of hydrogen-bond acceptors (Lipinski definition) is 5. The van der Waals surface area contributed by atoms with Gasteiger partial charge in [-0.3, -0.25) is 0 Å². The highest BCUT2D eigenvalue weighted by atomic mass is 16.3. The Morgan fingerprint density at radius 1 is 0.298 bits per heavy atom. The highest BCUT2D eigenvalue weighted by molar-refractivity contribution is 6.11. The highest BCUT2D eigenvalue weighted by Crippen LogP contribution is 2.39. The first-order valence-electron chi connectivity index (χ1n) is 19.0. The molecule has 8 aromatic carbocycles. The van der Waals surface area contributed by atoms with Gasteiger partial charge in [-0.2, -0.15) is 0 Å². The van der Waals surface area contributed by atoms with Gasteiger partial charge in [0.25, 0.3) is 0 Å². The lowest BCUT2D eigenvalue weighted by molar-refractivity contribution is 0.669. The maximum atomic E-state index is 6.58. The molecule has 0 amide bonds. The van der Waals surface area contributed by atoms with Gasteiger partial charge in [0.2, 0.25) is 0 Å². The lowest BCUT2D eigenvalue weighted by atomic mass is 10.0. The summed E-state index contributed by atoms with van der Waals surface area (Å²) in [4.78, 5) is 14.7. The first-order valence-corrected chi connectivity index (χ1v) is 19.0. The SMILES string of the molecule is c1ccc(-c2nc(-c3ccccc3)nc(-c3ccc4c(c3)oc3cc(-c5ccc6oc7ccc(-n8c9ccccc9c9ccccc98)cc7c6c5)ccc34)n2)cc1. The Hall–Kier alpha value is -7.83. The standard InChI is InChI=1S/C51H30N4O2/c1-3-11-31(12-4-1)49-52-50(32-13-5-2-6-14-32)54-51(53-49)35-20-24-40-39-23-19-34(28-47(39)57-48(40)29-35)33-21-25-45-41(27-33)42-30-36(22-26-46(42)56-45)55-43-17-9-7-15-37(43)38-16-8-10-18-44(38)55/h1-30H. The van der Waals surface area contributed by atoms with E-state index in [2.05, 4.69) is 120 Å². The van der Waals surface area contributed by atoms with Crippen molar-refractivity contribution >= 4 is 65.7 Å². The monoisotopic (exact) mass is 730 g/mol. The van der Waals surface area contributed by atoms with Crippen LogP contribution in [0, 0.1) is 0 Å². The Morgan fingerprint density at radius 3 is 1.39 bits per heavy atom. The van der Waals surface area contributed by atoms with E-state index < -0.39 is 0 Å². The molecule has 0 unspecified atom stereocenters. The fourth-order valence-corrected chi connectivity index (χ4v) is 8.32. The van der Waals surface area contributed by atoms with Gasteiger partial charge in [-0.05, 0) is 77.9 Å². The molecular weight excluding hydrogens is 701 g/mol. The maximum Gasteiger partial charge on any atom is 0.164 e. The maximum absolute atomic E-state index is 6.58. The Bertz CT molecular complexity index is 3410. The third-order valence-corrected chi connectivity index (χ3v) is 11.1. The van der Waals surface area contributed by atoms with Crippen molar-refractivity contribution in [1.29, 1.82) is 0 Å². The molecule has 0 spiro atoms. The van der Waals surface area contributed by atoms with E-state index in [1.54, 1.807) is 0 Å². The fourth-order valence-electron chi connectivity index (χ4n) is 8.32. The zero-order valence-corrected chi connectivity index (χ0v) is 30.4. The molecule has 57 heavy (non-hydrogen) atoms. The van der Waals surface area contributed by atoms with E-state index >= 15 is 0 Å². The summed E-state index contributed by atoms with van der Waals surface area (Å²) >= 11 is 0. The van der Waals surface area contributed by atoms with Crippen molar-refractivity contribution in [3.63, 3.8) is 0 Å². The van der Waals surface area contributed by atoms with Gasteiger partial charge in [0, 0.05) is 54.7 Å². The fraction of sp³-hybridized carbons (Fsp3) is 0. The molecule has 266 valence electrons. The minimum atomic E-state index is 0.590. The molecule has 0 bridgehead atoms. The van der Waals surface area contributed by atoms with Crippen LogP contribution >= 0.6 is 0 Å². The summed E-state index contributed by atoms with van der Waals surface area (Å²) in [6.07, 6.45) is 0. The zero-order valence-electron chi connectivity index (χ0n) is 30.4. The van der Waals surface area contributed by atoms with Crippen LogP contribution in [0.15, 0.2) is 191 Å². The van der Waals surface area contributed by atoms with Crippen LogP contribution in [-0.4, -0.2) is 19.5 Å². The number of fused-ring (bicyclic) bond motifs is 9. The van der Waals surface area contributed by atoms with Crippen molar-refractivity contribution in [2.75, 3.05) is 0 Å². The van der Waals surface area contributed by atoms with E-state index in [0.717, 1.165) is 77.4 Å². The van der Waals surface area contributed by atoms with Crippen LogP contribution < -0.4 is 0 Å². The van der Waals surface area contributed by atoms with E-state index in [1.165, 1.54) is 21.8 Å². The molecule has 12 aromatic rings. The smallest absolute Gasteiger partial charge is 0.164 e. The van der Waals surface area contributed by atoms with Crippen molar-refractivity contribution in [2.45, 2.75) is 0 Å². The van der Waals surface area contributed by atoms with Crippen LogP contribution in [0.2, 0.25) is 0 Å². The van der Waals surface area contributed by atoms with E-state index in [0.29, 0.717) is 17.5 Å². The van der Waals surface area contributed by atoms with Gasteiger partial charge in [-0.1, -0.05) is 115 Å². The van der Waals surface area contributed by atoms with Crippen LogP contribution in [-0.2, 0) is 0 Å². The first kappa shape index (κ1) is 31.5. The molecule has 0 aliphatic carbocycles. The van der Waals surface area contributed by atoms with Gasteiger partial charge in [-0.15, -0.1) is 0 Å². The lowest BCUT2D eigenvalue weighted by Crippen LogP contribution is -2.00. The van der Waals surface area contributed by atoms with E-state index in [-0.39, 0.29) is 0 Å². The predicted octanol–water partition coefficient (Wildman–Crippen LogP) is 13.4. The van der Waals surface area contributed by atoms with Crippen LogP contribution in [0.25, 0.3) is 117 Å². The van der Waals surface area contributed by atoms with Crippen molar-refractivity contribution in [2.24, 2.45) is 0 Å². The molecule has 4 aromatic heterocycles. The topological polar surface area (TPSA) is 69.9 Å². The number of nitrogens with zero attached hydrogens (tertiary/aromatic N) is 4. The summed E-state index contributed by atoms with van der Waals surface area (Å²) in [5.74, 6) is 1.84. The summed E-state index contributed by atoms with van der Waals surface area (Å²) in [7, 11) is 0. The molecule has 12 rings (SSSR count). The van der Waals surface area contributed by atoms with Gasteiger partial charge in [0.15, 0.2) is 17.5 Å². The molecule has 0 aliphatic rings. The van der Waals surface area contributed by atoms with E-state index in [1.807, 2.05) is 66.7 Å². The predicted molar refractivity (Wildman–Crippen MR) is 230 cm³/mol. The van der Waals surface area contributed by atoms with Gasteiger partial charge in [0.1, 0.15) is 22.3 Å². The molecule has 0 aliphatic heterocycles. The average Bonchev–Trinajstić information content (AvgIpc) is 3.95. The minimum Gasteiger partial charge on any atom is -0.456 e. The molecule has 6 nitrogen and oxygen atoms in total. The Morgan fingerprint density at radius 2 is 0.754 bits per heavy atom. The first-order chi connectivity index (χ1) is 28.2. The Kier molecular flexibility index (Phi) is 6.83. The van der Waals surface area contributed by atoms with Crippen LogP contribution in [0.3, 0.4) is 0 Å². The molecule has 0 radical (unpaired) electrons. The minimum absolute atomic E-state index is 0.590. The quantitative estimate of drug-likeness (QED) is 0.176. The number of furan rings is 2. The molecule has 0 fully saturated rings. The van der Waals surface area contributed by atoms with Gasteiger partial charge in [-0.25, -0.2) is 15.0 Å². The third kappa shape index (κ3) is 5.08. The Balaban J connectivity index is 0.944. The largest absolute Gasteiger partial charge is 0.456 e. The van der Waals surface area contributed by atoms with Crippen molar-refractivity contribution < 1.29 is 8.83 Å². The van der Waals surface area contributed by atoms with E-state index in [9.17, 15) is 0 Å². The van der Waals surface area contributed by atoms with Gasteiger partial charge in [0.05, 0.1) is 11.0 Å². The molecule has 0 saturated heterocycles. The zero-order chi connectivity index (χ0) is 37.5. The molecule has 0 atom stereocenters. The number of hydrogen-bond donors (Lipinski definition) is 0. The normalized spacial score (nSPS) is 11.9. The summed E-state index contributed by atoms with van der Waals surface area (Å²) in [5, 5.41) is 6.72. The molecule has 6 heteroatoms. The summed E-state index contributed by atoms with van der Waals surface area (Å²) in [6, 6.07) is 62.8. The van der Waals surface area contributed by atoms with Gasteiger partial charge < -0.3 is 13.4 Å². The van der Waals surface area contributed by atoms with Crippen molar-refractivity contribution in [3.8, 4) is 51.0 Å². The second-order valence-electron chi connectivity index (χ2n) is 14.4. The third-order valence-electron chi connectivity index (χ3n) is 11.1. The van der Waals surface area contributed by atoms with Crippen molar-refractivity contribution in [1.82, 2.24) is 19.5 Å². The molecular formula is C51H30N4O2. The number of benzene rings is 8. The second-order valence-corrected chi connectivity index (χ2v) is 14.4. The lowest BCUT2D eigenvalue weighted by Gasteiger charge is -2.08.